The summed E-state index contributed by atoms with van der Waals surface area (Å²) in [7, 11) is 1.28. The molecule has 0 fully saturated rings. The van der Waals surface area contributed by atoms with E-state index in [1.54, 1.807) is 6.07 Å². The lowest BCUT2D eigenvalue weighted by molar-refractivity contribution is 0.0601. The average Bonchev–Trinajstić information content (AvgIpc) is 2.48. The van der Waals surface area contributed by atoms with Crippen molar-refractivity contribution < 1.29 is 18.3 Å². The van der Waals surface area contributed by atoms with Gasteiger partial charge in [0.2, 0.25) is 0 Å². The molecule has 0 aliphatic heterocycles. The molecule has 0 aliphatic carbocycles. The van der Waals surface area contributed by atoms with Gasteiger partial charge in [-0.3, -0.25) is 0 Å². The highest BCUT2D eigenvalue weighted by atomic mass is 19.1. The summed E-state index contributed by atoms with van der Waals surface area (Å²) in [5.41, 5.74) is 7.15. The fourth-order valence-corrected chi connectivity index (χ4v) is 1.84. The van der Waals surface area contributed by atoms with Gasteiger partial charge >= 0.3 is 5.97 Å². The molecule has 6 heteroatoms. The minimum atomic E-state index is -0.512. The minimum absolute atomic E-state index is 0.0748. The number of anilines is 2. The third kappa shape index (κ3) is 3.47. The zero-order valence-corrected chi connectivity index (χ0v) is 11.3. The van der Waals surface area contributed by atoms with Crippen molar-refractivity contribution in [3.63, 3.8) is 0 Å². The highest BCUT2D eigenvalue weighted by Gasteiger charge is 2.09. The van der Waals surface area contributed by atoms with Crippen LogP contribution < -0.4 is 11.1 Å². The lowest BCUT2D eigenvalue weighted by Gasteiger charge is -2.11. The predicted octanol–water partition coefficient (Wildman–Crippen LogP) is 2.95. The first-order valence-corrected chi connectivity index (χ1v) is 6.17. The van der Waals surface area contributed by atoms with E-state index in [0.29, 0.717) is 16.9 Å². The van der Waals surface area contributed by atoms with Crippen LogP contribution in [0.5, 0.6) is 0 Å². The van der Waals surface area contributed by atoms with Crippen LogP contribution in [0.4, 0.5) is 20.2 Å². The SMILES string of the molecule is COC(=O)c1ccc(NCc2cc(F)ccc2F)c(N)c1. The molecule has 0 radical (unpaired) electrons. The molecular formula is C15H14F2N2O2. The summed E-state index contributed by atoms with van der Waals surface area (Å²) in [5.74, 6) is -1.51. The number of rotatable bonds is 4. The molecule has 0 atom stereocenters. The Labute approximate surface area is 120 Å². The molecule has 2 rings (SSSR count). The molecule has 3 N–H and O–H groups in total. The van der Waals surface area contributed by atoms with Crippen molar-refractivity contribution in [2.45, 2.75) is 6.54 Å². The number of methoxy groups -OCH3 is 1. The van der Waals surface area contributed by atoms with Crippen LogP contribution in [0.2, 0.25) is 0 Å². The summed E-state index contributed by atoms with van der Waals surface area (Å²) in [5, 5.41) is 2.90. The Kier molecular flexibility index (Phi) is 4.37. The maximum Gasteiger partial charge on any atom is 0.337 e. The van der Waals surface area contributed by atoms with E-state index in [4.69, 9.17) is 5.73 Å². The summed E-state index contributed by atoms with van der Waals surface area (Å²) < 4.78 is 31.1. The van der Waals surface area contributed by atoms with Crippen LogP contribution in [0.15, 0.2) is 36.4 Å². The number of esters is 1. The van der Waals surface area contributed by atoms with Crippen molar-refractivity contribution in [1.29, 1.82) is 0 Å². The van der Waals surface area contributed by atoms with Crippen LogP contribution in [0.25, 0.3) is 0 Å². The summed E-state index contributed by atoms with van der Waals surface area (Å²) in [4.78, 5) is 11.3. The standard InChI is InChI=1S/C15H14F2N2O2/c1-21-15(20)9-2-5-14(13(18)7-9)19-8-10-6-11(16)3-4-12(10)17/h2-7,19H,8,18H2,1H3. The number of carbonyl (C=O) groups is 1. The van der Waals surface area contributed by atoms with E-state index in [1.807, 2.05) is 0 Å². The number of nitrogen functional groups attached to an aromatic ring is 1. The van der Waals surface area contributed by atoms with E-state index >= 15 is 0 Å². The number of nitrogens with two attached hydrogens (primary N) is 1. The number of hydrogen-bond acceptors (Lipinski definition) is 4. The molecule has 0 unspecified atom stereocenters. The fraction of sp³-hybridized carbons (Fsp3) is 0.133. The Morgan fingerprint density at radius 3 is 2.67 bits per heavy atom. The van der Waals surface area contributed by atoms with Crippen LogP contribution in [-0.4, -0.2) is 13.1 Å². The number of halogens is 2. The third-order valence-corrected chi connectivity index (χ3v) is 2.95. The molecule has 0 aliphatic rings. The number of hydrogen-bond donors (Lipinski definition) is 2. The molecule has 0 amide bonds. The highest BCUT2D eigenvalue weighted by Crippen LogP contribution is 2.21. The number of nitrogens with one attached hydrogen (secondary N) is 1. The monoisotopic (exact) mass is 292 g/mol. The van der Waals surface area contributed by atoms with Gasteiger partial charge in [0.15, 0.2) is 0 Å². The van der Waals surface area contributed by atoms with Gasteiger partial charge in [0.05, 0.1) is 24.0 Å². The first kappa shape index (κ1) is 14.8. The second-order valence-corrected chi connectivity index (χ2v) is 4.38. The Bertz CT molecular complexity index is 675. The van der Waals surface area contributed by atoms with E-state index in [0.717, 1.165) is 18.2 Å². The molecule has 2 aromatic carbocycles. The van der Waals surface area contributed by atoms with Gasteiger partial charge in [-0.15, -0.1) is 0 Å². The molecule has 0 spiro atoms. The first-order chi connectivity index (χ1) is 10.0. The molecule has 0 heterocycles. The fourth-order valence-electron chi connectivity index (χ4n) is 1.84. The minimum Gasteiger partial charge on any atom is -0.465 e. The summed E-state index contributed by atoms with van der Waals surface area (Å²) in [6.45, 7) is 0.0748. The molecule has 0 bridgehead atoms. The van der Waals surface area contributed by atoms with Gasteiger partial charge in [0.1, 0.15) is 11.6 Å². The smallest absolute Gasteiger partial charge is 0.337 e. The molecule has 110 valence electrons. The Hall–Kier alpha value is -2.63. The Balaban J connectivity index is 2.13. The van der Waals surface area contributed by atoms with Gasteiger partial charge in [0.25, 0.3) is 0 Å². The van der Waals surface area contributed by atoms with Crippen LogP contribution in [0.1, 0.15) is 15.9 Å². The molecule has 4 nitrogen and oxygen atoms in total. The largest absolute Gasteiger partial charge is 0.465 e. The number of benzene rings is 2. The second-order valence-electron chi connectivity index (χ2n) is 4.38. The number of carbonyl (C=O) groups excluding carboxylic acids is 1. The zero-order valence-electron chi connectivity index (χ0n) is 11.3. The van der Waals surface area contributed by atoms with Crippen molar-refractivity contribution in [2.24, 2.45) is 0 Å². The van der Waals surface area contributed by atoms with Crippen molar-refractivity contribution in [3.05, 3.63) is 59.2 Å². The second kappa shape index (κ2) is 6.21. The summed E-state index contributed by atoms with van der Waals surface area (Å²) in [6.07, 6.45) is 0. The normalized spacial score (nSPS) is 10.2. The molecule has 21 heavy (non-hydrogen) atoms. The van der Waals surface area contributed by atoms with Gasteiger partial charge in [-0.25, -0.2) is 13.6 Å². The van der Waals surface area contributed by atoms with Crippen LogP contribution in [-0.2, 0) is 11.3 Å². The quantitative estimate of drug-likeness (QED) is 0.671. The van der Waals surface area contributed by atoms with Gasteiger partial charge in [0, 0.05) is 12.1 Å². The maximum absolute atomic E-state index is 13.5. The summed E-state index contributed by atoms with van der Waals surface area (Å²) in [6, 6.07) is 7.80. The van der Waals surface area contributed by atoms with E-state index in [1.165, 1.54) is 19.2 Å². The van der Waals surface area contributed by atoms with Crippen LogP contribution in [0, 0.1) is 11.6 Å². The number of ether oxygens (including phenoxy) is 1. The third-order valence-electron chi connectivity index (χ3n) is 2.95. The Morgan fingerprint density at radius 2 is 2.00 bits per heavy atom. The molecule has 0 saturated heterocycles. The molecule has 0 aromatic heterocycles. The molecule has 0 saturated carbocycles. The highest BCUT2D eigenvalue weighted by molar-refractivity contribution is 5.91. The van der Waals surface area contributed by atoms with Crippen LogP contribution in [0.3, 0.4) is 0 Å². The van der Waals surface area contributed by atoms with E-state index in [-0.39, 0.29) is 12.1 Å². The van der Waals surface area contributed by atoms with Gasteiger partial charge in [-0.2, -0.15) is 0 Å². The van der Waals surface area contributed by atoms with Crippen LogP contribution >= 0.6 is 0 Å². The van der Waals surface area contributed by atoms with Crippen molar-refractivity contribution >= 4 is 17.3 Å². The summed E-state index contributed by atoms with van der Waals surface area (Å²) >= 11 is 0. The lowest BCUT2D eigenvalue weighted by Crippen LogP contribution is -2.07. The first-order valence-electron chi connectivity index (χ1n) is 6.17. The topological polar surface area (TPSA) is 64.3 Å². The lowest BCUT2D eigenvalue weighted by atomic mass is 10.1. The Morgan fingerprint density at radius 1 is 1.24 bits per heavy atom. The maximum atomic E-state index is 13.5. The van der Waals surface area contributed by atoms with Crippen molar-refractivity contribution in [2.75, 3.05) is 18.2 Å². The predicted molar refractivity (Wildman–Crippen MR) is 75.9 cm³/mol. The van der Waals surface area contributed by atoms with Gasteiger partial charge in [-0.05, 0) is 36.4 Å². The van der Waals surface area contributed by atoms with E-state index in [2.05, 4.69) is 10.1 Å². The molecule has 2 aromatic rings. The zero-order chi connectivity index (χ0) is 15.4. The average molecular weight is 292 g/mol. The molecular weight excluding hydrogens is 278 g/mol. The van der Waals surface area contributed by atoms with Gasteiger partial charge < -0.3 is 15.8 Å². The van der Waals surface area contributed by atoms with E-state index < -0.39 is 17.6 Å². The van der Waals surface area contributed by atoms with E-state index in [9.17, 15) is 13.6 Å². The van der Waals surface area contributed by atoms with Crippen molar-refractivity contribution in [1.82, 2.24) is 0 Å². The van der Waals surface area contributed by atoms with Gasteiger partial charge in [-0.1, -0.05) is 0 Å². The van der Waals surface area contributed by atoms with Crippen molar-refractivity contribution in [3.8, 4) is 0 Å².